The summed E-state index contributed by atoms with van der Waals surface area (Å²) < 4.78 is 5.89. The van der Waals surface area contributed by atoms with Crippen LogP contribution >= 0.6 is 0 Å². The van der Waals surface area contributed by atoms with Crippen LogP contribution < -0.4 is 16.0 Å². The molecule has 0 amide bonds. The molecule has 0 unspecified atom stereocenters. The number of rotatable bonds is 4. The summed E-state index contributed by atoms with van der Waals surface area (Å²) in [6.07, 6.45) is 7.13. The number of aromatic nitrogens is 2. The molecule has 1 fully saturated rings. The smallest absolute Gasteiger partial charge is 0.219 e. The average molecular weight is 236 g/mol. The van der Waals surface area contributed by atoms with Crippen LogP contribution in [0, 0.1) is 0 Å². The van der Waals surface area contributed by atoms with Crippen LogP contribution in [0.15, 0.2) is 6.07 Å². The standard InChI is InChI=1S/C12H20N4O/c1-2-10-14-11(16-13)8-12(15-10)17-9-6-4-3-5-7-9/h8-9H,2-7,13H2,1H3,(H,14,15,16). The largest absolute Gasteiger partial charge is 0.474 e. The quantitative estimate of drug-likeness (QED) is 0.618. The van der Waals surface area contributed by atoms with E-state index in [4.69, 9.17) is 10.6 Å². The molecule has 0 atom stereocenters. The lowest BCUT2D eigenvalue weighted by Crippen LogP contribution is -2.21. The average Bonchev–Trinajstić information content (AvgIpc) is 2.39. The van der Waals surface area contributed by atoms with Crippen molar-refractivity contribution in [2.75, 3.05) is 5.43 Å². The molecule has 0 saturated heterocycles. The third-order valence-corrected chi connectivity index (χ3v) is 3.05. The molecule has 1 aliphatic rings. The van der Waals surface area contributed by atoms with Crippen molar-refractivity contribution < 1.29 is 4.74 Å². The Bertz CT molecular complexity index is 341. The molecule has 1 heterocycles. The Balaban J connectivity index is 2.07. The van der Waals surface area contributed by atoms with Crippen LogP contribution in [-0.2, 0) is 6.42 Å². The van der Waals surface area contributed by atoms with Crippen molar-refractivity contribution in [1.82, 2.24) is 9.97 Å². The number of nitrogens with zero attached hydrogens (tertiary/aromatic N) is 2. The topological polar surface area (TPSA) is 73.1 Å². The van der Waals surface area contributed by atoms with E-state index in [1.54, 1.807) is 6.07 Å². The molecule has 3 N–H and O–H groups in total. The molecule has 17 heavy (non-hydrogen) atoms. The summed E-state index contributed by atoms with van der Waals surface area (Å²) in [5.41, 5.74) is 2.55. The Morgan fingerprint density at radius 3 is 2.76 bits per heavy atom. The van der Waals surface area contributed by atoms with E-state index < -0.39 is 0 Å². The first kappa shape index (κ1) is 12.1. The van der Waals surface area contributed by atoms with Crippen molar-refractivity contribution in [2.24, 2.45) is 5.84 Å². The summed E-state index contributed by atoms with van der Waals surface area (Å²) >= 11 is 0. The summed E-state index contributed by atoms with van der Waals surface area (Å²) in [5, 5.41) is 0. The highest BCUT2D eigenvalue weighted by molar-refractivity contribution is 5.37. The van der Waals surface area contributed by atoms with Gasteiger partial charge in [0.1, 0.15) is 17.7 Å². The lowest BCUT2D eigenvalue weighted by Gasteiger charge is -2.22. The number of nitrogen functional groups attached to an aromatic ring is 1. The van der Waals surface area contributed by atoms with Gasteiger partial charge in [-0.2, -0.15) is 4.98 Å². The summed E-state index contributed by atoms with van der Waals surface area (Å²) in [5.74, 6) is 7.38. The maximum absolute atomic E-state index is 5.89. The van der Waals surface area contributed by atoms with E-state index >= 15 is 0 Å². The lowest BCUT2D eigenvalue weighted by atomic mass is 9.98. The van der Waals surface area contributed by atoms with Crippen LogP contribution in [0.1, 0.15) is 44.9 Å². The first-order chi connectivity index (χ1) is 8.31. The fraction of sp³-hybridized carbons (Fsp3) is 0.667. The fourth-order valence-corrected chi connectivity index (χ4v) is 2.12. The van der Waals surface area contributed by atoms with Gasteiger partial charge in [0.25, 0.3) is 0 Å². The molecular weight excluding hydrogens is 216 g/mol. The van der Waals surface area contributed by atoms with Gasteiger partial charge in [-0.25, -0.2) is 10.8 Å². The van der Waals surface area contributed by atoms with Gasteiger partial charge in [-0.05, 0) is 25.7 Å². The number of aryl methyl sites for hydroxylation is 1. The Labute approximate surface area is 102 Å². The number of hydrogen-bond acceptors (Lipinski definition) is 5. The number of nitrogens with one attached hydrogen (secondary N) is 1. The highest BCUT2D eigenvalue weighted by Crippen LogP contribution is 2.23. The zero-order valence-corrected chi connectivity index (χ0v) is 10.3. The van der Waals surface area contributed by atoms with Gasteiger partial charge < -0.3 is 10.2 Å². The van der Waals surface area contributed by atoms with Crippen LogP contribution in [0.4, 0.5) is 5.82 Å². The Kier molecular flexibility index (Phi) is 4.14. The van der Waals surface area contributed by atoms with Crippen LogP contribution in [0.25, 0.3) is 0 Å². The third kappa shape index (κ3) is 3.30. The van der Waals surface area contributed by atoms with Gasteiger partial charge in [0.2, 0.25) is 5.88 Å². The monoisotopic (exact) mass is 236 g/mol. The minimum Gasteiger partial charge on any atom is -0.474 e. The van der Waals surface area contributed by atoms with Crippen LogP contribution in [0.5, 0.6) is 5.88 Å². The van der Waals surface area contributed by atoms with E-state index in [1.807, 2.05) is 6.92 Å². The number of nitrogens with two attached hydrogens (primary N) is 1. The van der Waals surface area contributed by atoms with Gasteiger partial charge in [-0.3, -0.25) is 0 Å². The molecule has 1 aromatic heterocycles. The van der Waals surface area contributed by atoms with Crippen molar-refractivity contribution in [1.29, 1.82) is 0 Å². The summed E-state index contributed by atoms with van der Waals surface area (Å²) in [4.78, 5) is 8.60. The van der Waals surface area contributed by atoms with Crippen molar-refractivity contribution >= 4 is 5.82 Å². The van der Waals surface area contributed by atoms with Crippen LogP contribution in [-0.4, -0.2) is 16.1 Å². The van der Waals surface area contributed by atoms with Crippen molar-refractivity contribution in [3.63, 3.8) is 0 Å². The molecule has 0 radical (unpaired) electrons. The zero-order valence-electron chi connectivity index (χ0n) is 10.3. The van der Waals surface area contributed by atoms with E-state index in [1.165, 1.54) is 19.3 Å². The number of hydrazine groups is 1. The van der Waals surface area contributed by atoms with E-state index in [0.29, 0.717) is 17.8 Å². The first-order valence-electron chi connectivity index (χ1n) is 6.33. The molecule has 0 aliphatic heterocycles. The predicted octanol–water partition coefficient (Wildman–Crippen LogP) is 2.04. The molecule has 0 aromatic carbocycles. The van der Waals surface area contributed by atoms with Crippen molar-refractivity contribution in [2.45, 2.75) is 51.6 Å². The van der Waals surface area contributed by atoms with Gasteiger partial charge >= 0.3 is 0 Å². The second kappa shape index (κ2) is 5.82. The fourth-order valence-electron chi connectivity index (χ4n) is 2.12. The molecule has 1 aromatic rings. The molecule has 5 heteroatoms. The van der Waals surface area contributed by atoms with E-state index in [9.17, 15) is 0 Å². The zero-order chi connectivity index (χ0) is 12.1. The molecule has 0 spiro atoms. The Morgan fingerprint density at radius 1 is 1.35 bits per heavy atom. The van der Waals surface area contributed by atoms with Crippen LogP contribution in [0.2, 0.25) is 0 Å². The molecule has 5 nitrogen and oxygen atoms in total. The van der Waals surface area contributed by atoms with Gasteiger partial charge in [0, 0.05) is 12.5 Å². The molecule has 94 valence electrons. The first-order valence-corrected chi connectivity index (χ1v) is 6.33. The second-order valence-corrected chi connectivity index (χ2v) is 4.38. The summed E-state index contributed by atoms with van der Waals surface area (Å²) in [7, 11) is 0. The maximum Gasteiger partial charge on any atom is 0.219 e. The van der Waals surface area contributed by atoms with Crippen molar-refractivity contribution in [3.8, 4) is 5.88 Å². The molecule has 2 rings (SSSR count). The number of hydrogen-bond donors (Lipinski definition) is 2. The number of anilines is 1. The lowest BCUT2D eigenvalue weighted by molar-refractivity contribution is 0.148. The van der Waals surface area contributed by atoms with Gasteiger partial charge in [-0.1, -0.05) is 13.3 Å². The highest BCUT2D eigenvalue weighted by Gasteiger charge is 2.16. The second-order valence-electron chi connectivity index (χ2n) is 4.38. The molecule has 0 bridgehead atoms. The van der Waals surface area contributed by atoms with Gasteiger partial charge in [0.05, 0.1) is 0 Å². The van der Waals surface area contributed by atoms with E-state index in [2.05, 4.69) is 15.4 Å². The normalized spacial score (nSPS) is 16.8. The molecule has 1 saturated carbocycles. The van der Waals surface area contributed by atoms with Gasteiger partial charge in [-0.15, -0.1) is 0 Å². The SMILES string of the molecule is CCc1nc(NN)cc(OC2CCCCC2)n1. The van der Waals surface area contributed by atoms with E-state index in [-0.39, 0.29) is 0 Å². The summed E-state index contributed by atoms with van der Waals surface area (Å²) in [6.45, 7) is 2.01. The molecular formula is C12H20N4O. The Morgan fingerprint density at radius 2 is 2.12 bits per heavy atom. The van der Waals surface area contributed by atoms with E-state index in [0.717, 1.165) is 25.1 Å². The number of ether oxygens (including phenoxy) is 1. The highest BCUT2D eigenvalue weighted by atomic mass is 16.5. The molecule has 1 aliphatic carbocycles. The minimum absolute atomic E-state index is 0.300. The van der Waals surface area contributed by atoms with Crippen molar-refractivity contribution in [3.05, 3.63) is 11.9 Å². The maximum atomic E-state index is 5.89. The van der Waals surface area contributed by atoms with Crippen LogP contribution in [0.3, 0.4) is 0 Å². The Hall–Kier alpha value is -1.36. The predicted molar refractivity (Wildman–Crippen MR) is 66.7 cm³/mol. The minimum atomic E-state index is 0.300. The summed E-state index contributed by atoms with van der Waals surface area (Å²) in [6, 6.07) is 1.76. The van der Waals surface area contributed by atoms with Gasteiger partial charge in [0.15, 0.2) is 0 Å². The third-order valence-electron chi connectivity index (χ3n) is 3.05.